The Kier molecular flexibility index (Phi) is 7.06. The zero-order chi connectivity index (χ0) is 11.8. The molecule has 0 atom stereocenters. The van der Waals surface area contributed by atoms with Crippen LogP contribution >= 0.6 is 0 Å². The predicted molar refractivity (Wildman–Crippen MR) is 71.8 cm³/mol. The predicted octanol–water partition coefficient (Wildman–Crippen LogP) is 2.89. The Balaban J connectivity index is 2.41. The highest BCUT2D eigenvalue weighted by Gasteiger charge is 2.20. The summed E-state index contributed by atoms with van der Waals surface area (Å²) in [5, 5.41) is 3.46. The standard InChI is InChI=1S/C14H30N2/c1-4-11-16(14(5-2)6-3)12-13-7-9-15-10-8-13/h13-15H,4-12H2,1-3H3. The van der Waals surface area contributed by atoms with Crippen LogP contribution in [0.15, 0.2) is 0 Å². The second kappa shape index (κ2) is 8.08. The van der Waals surface area contributed by atoms with Gasteiger partial charge < -0.3 is 10.2 Å². The van der Waals surface area contributed by atoms with Gasteiger partial charge in [0.05, 0.1) is 0 Å². The van der Waals surface area contributed by atoms with Crippen LogP contribution < -0.4 is 5.32 Å². The van der Waals surface area contributed by atoms with Crippen molar-refractivity contribution in [2.75, 3.05) is 26.2 Å². The van der Waals surface area contributed by atoms with E-state index in [1.165, 1.54) is 58.3 Å². The average molecular weight is 226 g/mol. The molecular formula is C14H30N2. The van der Waals surface area contributed by atoms with Crippen molar-refractivity contribution in [3.8, 4) is 0 Å². The summed E-state index contributed by atoms with van der Waals surface area (Å²) >= 11 is 0. The first-order valence-electron chi connectivity index (χ1n) is 7.26. The molecule has 0 aromatic heterocycles. The first kappa shape index (κ1) is 14.0. The molecule has 0 aromatic rings. The summed E-state index contributed by atoms with van der Waals surface area (Å²) < 4.78 is 0. The van der Waals surface area contributed by atoms with E-state index in [1.54, 1.807) is 0 Å². The zero-order valence-electron chi connectivity index (χ0n) is 11.5. The van der Waals surface area contributed by atoms with Crippen molar-refractivity contribution in [3.63, 3.8) is 0 Å². The third-order valence-corrected chi connectivity index (χ3v) is 3.92. The molecule has 1 heterocycles. The minimum atomic E-state index is 0.815. The molecule has 2 nitrogen and oxygen atoms in total. The summed E-state index contributed by atoms with van der Waals surface area (Å²) in [6, 6.07) is 0.815. The second-order valence-electron chi connectivity index (χ2n) is 5.16. The van der Waals surface area contributed by atoms with Gasteiger partial charge in [0, 0.05) is 12.6 Å². The molecule has 0 spiro atoms. The van der Waals surface area contributed by atoms with Gasteiger partial charge in [-0.25, -0.2) is 0 Å². The van der Waals surface area contributed by atoms with Crippen LogP contribution in [0.5, 0.6) is 0 Å². The molecule has 2 heteroatoms. The van der Waals surface area contributed by atoms with E-state index in [-0.39, 0.29) is 0 Å². The van der Waals surface area contributed by atoms with Gasteiger partial charge in [0.15, 0.2) is 0 Å². The SMILES string of the molecule is CCCN(CC1CCNCC1)C(CC)CC. The molecular weight excluding hydrogens is 196 g/mol. The van der Waals surface area contributed by atoms with Crippen LogP contribution in [0.1, 0.15) is 52.9 Å². The summed E-state index contributed by atoms with van der Waals surface area (Å²) in [7, 11) is 0. The Bertz CT molecular complexity index is 160. The molecule has 0 radical (unpaired) electrons. The molecule has 1 rings (SSSR count). The normalized spacial score (nSPS) is 18.6. The highest BCUT2D eigenvalue weighted by atomic mass is 15.2. The molecule has 1 saturated heterocycles. The average Bonchev–Trinajstić information content (AvgIpc) is 2.32. The molecule has 1 N–H and O–H groups in total. The van der Waals surface area contributed by atoms with Crippen molar-refractivity contribution < 1.29 is 0 Å². The summed E-state index contributed by atoms with van der Waals surface area (Å²) in [6.07, 6.45) is 6.66. The minimum Gasteiger partial charge on any atom is -0.317 e. The number of nitrogens with zero attached hydrogens (tertiary/aromatic N) is 1. The molecule has 0 aliphatic carbocycles. The topological polar surface area (TPSA) is 15.3 Å². The second-order valence-corrected chi connectivity index (χ2v) is 5.16. The van der Waals surface area contributed by atoms with Crippen LogP contribution in [0.2, 0.25) is 0 Å². The monoisotopic (exact) mass is 226 g/mol. The lowest BCUT2D eigenvalue weighted by Crippen LogP contribution is -2.41. The highest BCUT2D eigenvalue weighted by Crippen LogP contribution is 2.17. The van der Waals surface area contributed by atoms with Gasteiger partial charge in [-0.2, -0.15) is 0 Å². The van der Waals surface area contributed by atoms with Gasteiger partial charge >= 0.3 is 0 Å². The molecule has 0 bridgehead atoms. The van der Waals surface area contributed by atoms with E-state index in [0.29, 0.717) is 0 Å². The van der Waals surface area contributed by atoms with Crippen LogP contribution in [0.4, 0.5) is 0 Å². The Hall–Kier alpha value is -0.0800. The fraction of sp³-hybridized carbons (Fsp3) is 1.00. The van der Waals surface area contributed by atoms with Crippen LogP contribution in [0.3, 0.4) is 0 Å². The van der Waals surface area contributed by atoms with Gasteiger partial charge in [0.1, 0.15) is 0 Å². The lowest BCUT2D eigenvalue weighted by atomic mass is 9.96. The van der Waals surface area contributed by atoms with Crippen molar-refractivity contribution in [2.45, 2.75) is 58.9 Å². The van der Waals surface area contributed by atoms with E-state index in [4.69, 9.17) is 0 Å². The summed E-state index contributed by atoms with van der Waals surface area (Å²) in [6.45, 7) is 12.1. The van der Waals surface area contributed by atoms with Gasteiger partial charge in [-0.05, 0) is 57.7 Å². The number of hydrogen-bond donors (Lipinski definition) is 1. The van der Waals surface area contributed by atoms with Crippen molar-refractivity contribution in [1.29, 1.82) is 0 Å². The molecule has 0 aromatic carbocycles. The third-order valence-electron chi connectivity index (χ3n) is 3.92. The highest BCUT2D eigenvalue weighted by molar-refractivity contribution is 4.76. The maximum Gasteiger partial charge on any atom is 0.00901 e. The van der Waals surface area contributed by atoms with E-state index in [2.05, 4.69) is 31.0 Å². The van der Waals surface area contributed by atoms with E-state index in [0.717, 1.165) is 12.0 Å². The largest absolute Gasteiger partial charge is 0.317 e. The van der Waals surface area contributed by atoms with Gasteiger partial charge in [0.2, 0.25) is 0 Å². The van der Waals surface area contributed by atoms with Crippen molar-refractivity contribution >= 4 is 0 Å². The number of piperidine rings is 1. The Morgan fingerprint density at radius 2 is 1.75 bits per heavy atom. The van der Waals surface area contributed by atoms with E-state index < -0.39 is 0 Å². The molecule has 1 aliphatic rings. The van der Waals surface area contributed by atoms with Crippen molar-refractivity contribution in [2.24, 2.45) is 5.92 Å². The van der Waals surface area contributed by atoms with Gasteiger partial charge in [-0.15, -0.1) is 0 Å². The summed E-state index contributed by atoms with van der Waals surface area (Å²) in [5.74, 6) is 0.938. The molecule has 0 unspecified atom stereocenters. The first-order chi connectivity index (χ1) is 7.81. The molecule has 1 fully saturated rings. The zero-order valence-corrected chi connectivity index (χ0v) is 11.5. The smallest absolute Gasteiger partial charge is 0.00901 e. The van der Waals surface area contributed by atoms with Crippen LogP contribution in [-0.4, -0.2) is 37.1 Å². The summed E-state index contributed by atoms with van der Waals surface area (Å²) in [5.41, 5.74) is 0. The van der Waals surface area contributed by atoms with E-state index in [1.807, 2.05) is 0 Å². The van der Waals surface area contributed by atoms with Gasteiger partial charge in [0.25, 0.3) is 0 Å². The maximum absolute atomic E-state index is 3.46. The number of nitrogens with one attached hydrogen (secondary N) is 1. The van der Waals surface area contributed by atoms with E-state index in [9.17, 15) is 0 Å². The lowest BCUT2D eigenvalue weighted by Gasteiger charge is -2.35. The van der Waals surface area contributed by atoms with Crippen LogP contribution in [0.25, 0.3) is 0 Å². The van der Waals surface area contributed by atoms with Crippen LogP contribution in [0, 0.1) is 5.92 Å². The summed E-state index contributed by atoms with van der Waals surface area (Å²) in [4.78, 5) is 2.75. The fourth-order valence-corrected chi connectivity index (χ4v) is 2.91. The maximum atomic E-state index is 3.46. The molecule has 96 valence electrons. The lowest BCUT2D eigenvalue weighted by molar-refractivity contribution is 0.144. The quantitative estimate of drug-likeness (QED) is 0.718. The Morgan fingerprint density at radius 3 is 2.25 bits per heavy atom. The van der Waals surface area contributed by atoms with Crippen molar-refractivity contribution in [3.05, 3.63) is 0 Å². The number of rotatable bonds is 7. The molecule has 0 saturated carbocycles. The van der Waals surface area contributed by atoms with E-state index >= 15 is 0 Å². The Labute approximate surface area is 102 Å². The first-order valence-corrected chi connectivity index (χ1v) is 7.26. The molecule has 0 amide bonds. The fourth-order valence-electron chi connectivity index (χ4n) is 2.91. The third kappa shape index (κ3) is 4.42. The van der Waals surface area contributed by atoms with Crippen molar-refractivity contribution in [1.82, 2.24) is 10.2 Å². The Morgan fingerprint density at radius 1 is 1.12 bits per heavy atom. The van der Waals surface area contributed by atoms with Crippen LogP contribution in [-0.2, 0) is 0 Å². The number of hydrogen-bond acceptors (Lipinski definition) is 2. The van der Waals surface area contributed by atoms with Gasteiger partial charge in [-0.3, -0.25) is 0 Å². The molecule has 16 heavy (non-hydrogen) atoms. The molecule has 1 aliphatic heterocycles. The minimum absolute atomic E-state index is 0.815. The van der Waals surface area contributed by atoms with Gasteiger partial charge in [-0.1, -0.05) is 20.8 Å².